The predicted octanol–water partition coefficient (Wildman–Crippen LogP) is 4.02. The highest BCUT2D eigenvalue weighted by molar-refractivity contribution is 7.99. The number of para-hydroxylation sites is 1. The van der Waals surface area contributed by atoms with Crippen LogP contribution < -0.4 is 10.6 Å². The topological polar surface area (TPSA) is 100 Å². The van der Waals surface area contributed by atoms with E-state index in [1.54, 1.807) is 0 Å². The van der Waals surface area contributed by atoms with Gasteiger partial charge in [-0.3, -0.25) is 4.79 Å². The number of carbonyl (C=O) groups is 2. The van der Waals surface area contributed by atoms with Crippen LogP contribution in [0.15, 0.2) is 40.0 Å². The molecule has 2 fully saturated rings. The molecule has 0 atom stereocenters. The van der Waals surface area contributed by atoms with Crippen molar-refractivity contribution in [2.45, 2.75) is 62.1 Å². The number of nitrogens with zero attached hydrogens (tertiary/aromatic N) is 3. The minimum absolute atomic E-state index is 0.0226. The molecule has 0 spiro atoms. The molecule has 8 nitrogen and oxygen atoms in total. The maximum absolute atomic E-state index is 12.4. The number of aromatic nitrogens is 2. The van der Waals surface area contributed by atoms with E-state index in [1.165, 1.54) is 31.0 Å². The number of thioether (sulfide) groups is 1. The van der Waals surface area contributed by atoms with Crippen LogP contribution in [0.3, 0.4) is 0 Å². The van der Waals surface area contributed by atoms with Gasteiger partial charge in [0.05, 0.1) is 5.75 Å². The number of anilines is 1. The van der Waals surface area contributed by atoms with Gasteiger partial charge in [-0.15, -0.1) is 10.2 Å². The largest absolute Gasteiger partial charge is 0.416 e. The molecule has 2 N–H and O–H groups in total. The van der Waals surface area contributed by atoms with Gasteiger partial charge in [-0.05, 0) is 37.8 Å². The predicted molar refractivity (Wildman–Crippen MR) is 119 cm³/mol. The number of likely N-dealkylation sites (tertiary alicyclic amines) is 1. The van der Waals surface area contributed by atoms with Crippen molar-refractivity contribution in [1.82, 2.24) is 20.4 Å². The molecule has 1 saturated carbocycles. The van der Waals surface area contributed by atoms with E-state index in [2.05, 4.69) is 20.8 Å². The lowest BCUT2D eigenvalue weighted by molar-refractivity contribution is -0.119. The summed E-state index contributed by atoms with van der Waals surface area (Å²) in [5, 5.41) is 14.7. The molecule has 1 aromatic heterocycles. The summed E-state index contributed by atoms with van der Waals surface area (Å²) < 4.78 is 5.80. The van der Waals surface area contributed by atoms with Gasteiger partial charge in [0.1, 0.15) is 0 Å². The molecule has 2 aliphatic rings. The summed E-state index contributed by atoms with van der Waals surface area (Å²) >= 11 is 1.28. The van der Waals surface area contributed by atoms with Gasteiger partial charge in [0, 0.05) is 30.7 Å². The number of nitrogens with one attached hydrogen (secondary N) is 2. The van der Waals surface area contributed by atoms with Gasteiger partial charge in [0.2, 0.25) is 11.8 Å². The summed E-state index contributed by atoms with van der Waals surface area (Å²) in [6.45, 7) is 1.27. The maximum atomic E-state index is 12.4. The lowest BCUT2D eigenvalue weighted by Gasteiger charge is -2.30. The van der Waals surface area contributed by atoms with Crippen LogP contribution in [0.25, 0.3) is 0 Å². The van der Waals surface area contributed by atoms with Crippen molar-refractivity contribution in [3.8, 4) is 0 Å². The first-order valence-corrected chi connectivity index (χ1v) is 12.0. The van der Waals surface area contributed by atoms with Gasteiger partial charge in [0.25, 0.3) is 5.22 Å². The molecule has 31 heavy (non-hydrogen) atoms. The number of carbonyl (C=O) groups excluding carboxylic acids is 2. The first kappa shape index (κ1) is 21.7. The molecule has 9 heteroatoms. The monoisotopic (exact) mass is 443 g/mol. The van der Waals surface area contributed by atoms with E-state index in [0.29, 0.717) is 30.2 Å². The molecular weight excluding hydrogens is 414 g/mol. The summed E-state index contributed by atoms with van der Waals surface area (Å²) in [4.78, 5) is 26.4. The Hall–Kier alpha value is -2.55. The summed E-state index contributed by atoms with van der Waals surface area (Å²) in [6.07, 6.45) is 7.35. The molecule has 0 unspecified atom stereocenters. The normalized spacial score (nSPS) is 18.0. The van der Waals surface area contributed by atoms with Crippen LogP contribution >= 0.6 is 11.8 Å². The van der Waals surface area contributed by atoms with Crippen LogP contribution in [-0.2, 0) is 4.79 Å². The fraction of sp³-hybridized carbons (Fsp3) is 0.545. The zero-order chi connectivity index (χ0) is 21.5. The van der Waals surface area contributed by atoms with E-state index in [4.69, 9.17) is 4.42 Å². The van der Waals surface area contributed by atoms with E-state index >= 15 is 0 Å². The van der Waals surface area contributed by atoms with E-state index in [9.17, 15) is 9.59 Å². The van der Waals surface area contributed by atoms with E-state index in [0.717, 1.165) is 31.4 Å². The standard InChI is InChI=1S/C22H29N5O3S/c28-19(23-17-7-3-1-4-8-17)15-31-22-26-25-20(30-22)16-11-13-27(14-12-16)21(29)24-18-9-5-2-6-10-18/h2,5-6,9-10,16-17H,1,3-4,7-8,11-15H2,(H,23,28)(H,24,29). The highest BCUT2D eigenvalue weighted by Gasteiger charge is 2.27. The third-order valence-electron chi connectivity index (χ3n) is 5.88. The third kappa shape index (κ3) is 6.22. The van der Waals surface area contributed by atoms with Crippen molar-refractivity contribution in [3.05, 3.63) is 36.2 Å². The smallest absolute Gasteiger partial charge is 0.321 e. The van der Waals surface area contributed by atoms with Crippen LogP contribution in [0.2, 0.25) is 0 Å². The van der Waals surface area contributed by atoms with Crippen molar-refractivity contribution in [2.24, 2.45) is 0 Å². The summed E-state index contributed by atoms with van der Waals surface area (Å²) in [7, 11) is 0. The lowest BCUT2D eigenvalue weighted by atomic mass is 9.95. The zero-order valence-electron chi connectivity index (χ0n) is 17.6. The molecule has 1 aliphatic carbocycles. The minimum atomic E-state index is -0.0876. The second kappa shape index (κ2) is 10.7. The minimum Gasteiger partial charge on any atom is -0.416 e. The number of amides is 3. The van der Waals surface area contributed by atoms with E-state index < -0.39 is 0 Å². The molecule has 1 saturated heterocycles. The average molecular weight is 444 g/mol. The fourth-order valence-corrected chi connectivity index (χ4v) is 4.72. The molecule has 4 rings (SSSR count). The zero-order valence-corrected chi connectivity index (χ0v) is 18.4. The first-order chi connectivity index (χ1) is 15.2. The van der Waals surface area contributed by atoms with Gasteiger partial charge in [-0.25, -0.2) is 4.79 Å². The Bertz CT molecular complexity index is 861. The Balaban J connectivity index is 1.20. The van der Waals surface area contributed by atoms with Crippen LogP contribution in [0.1, 0.15) is 56.8 Å². The van der Waals surface area contributed by atoms with Gasteiger partial charge in [-0.2, -0.15) is 0 Å². The quantitative estimate of drug-likeness (QED) is 0.654. The number of rotatable bonds is 6. The van der Waals surface area contributed by atoms with E-state index in [1.807, 2.05) is 35.2 Å². The van der Waals surface area contributed by atoms with Crippen molar-refractivity contribution in [3.63, 3.8) is 0 Å². The van der Waals surface area contributed by atoms with Gasteiger partial charge < -0.3 is 20.0 Å². The second-order valence-electron chi connectivity index (χ2n) is 8.15. The Morgan fingerprint density at radius 1 is 1.03 bits per heavy atom. The molecule has 0 radical (unpaired) electrons. The van der Waals surface area contributed by atoms with E-state index in [-0.39, 0.29) is 23.6 Å². The Labute approximate surface area is 186 Å². The molecule has 2 aromatic rings. The van der Waals surface area contributed by atoms with Crippen LogP contribution in [0.4, 0.5) is 10.5 Å². The number of urea groups is 1. The maximum Gasteiger partial charge on any atom is 0.321 e. The van der Waals surface area contributed by atoms with Crippen LogP contribution in [0, 0.1) is 0 Å². The molecule has 0 bridgehead atoms. The number of hydrogen-bond donors (Lipinski definition) is 2. The van der Waals surface area contributed by atoms with Gasteiger partial charge in [0.15, 0.2) is 0 Å². The third-order valence-corrected chi connectivity index (χ3v) is 6.69. The highest BCUT2D eigenvalue weighted by Crippen LogP contribution is 2.29. The van der Waals surface area contributed by atoms with Gasteiger partial charge >= 0.3 is 6.03 Å². The number of piperidine rings is 1. The van der Waals surface area contributed by atoms with Crippen molar-refractivity contribution in [1.29, 1.82) is 0 Å². The van der Waals surface area contributed by atoms with Crippen molar-refractivity contribution >= 4 is 29.4 Å². The Morgan fingerprint density at radius 2 is 1.77 bits per heavy atom. The molecular formula is C22H29N5O3S. The lowest BCUT2D eigenvalue weighted by Crippen LogP contribution is -2.40. The Morgan fingerprint density at radius 3 is 2.52 bits per heavy atom. The van der Waals surface area contributed by atoms with Crippen LogP contribution in [0.5, 0.6) is 0 Å². The summed E-state index contributed by atoms with van der Waals surface area (Å²) in [5.41, 5.74) is 0.792. The van der Waals surface area contributed by atoms with Crippen molar-refractivity contribution in [2.75, 3.05) is 24.2 Å². The fourth-order valence-electron chi connectivity index (χ4n) is 4.14. The summed E-state index contributed by atoms with van der Waals surface area (Å²) in [5.74, 6) is 1.04. The van der Waals surface area contributed by atoms with Gasteiger partial charge in [-0.1, -0.05) is 49.2 Å². The molecule has 2 heterocycles. The van der Waals surface area contributed by atoms with Crippen LogP contribution in [-0.4, -0.2) is 51.9 Å². The number of benzene rings is 1. The SMILES string of the molecule is O=C(CSc1nnc(C2CCN(C(=O)Nc3ccccc3)CC2)o1)NC1CCCCC1. The Kier molecular flexibility index (Phi) is 7.45. The molecule has 166 valence electrons. The molecule has 1 aliphatic heterocycles. The van der Waals surface area contributed by atoms with Crippen molar-refractivity contribution < 1.29 is 14.0 Å². The number of hydrogen-bond acceptors (Lipinski definition) is 6. The second-order valence-corrected chi connectivity index (χ2v) is 9.08. The first-order valence-electron chi connectivity index (χ1n) is 11.0. The molecule has 1 aromatic carbocycles. The average Bonchev–Trinajstić information content (AvgIpc) is 3.28. The highest BCUT2D eigenvalue weighted by atomic mass is 32.2. The molecule has 3 amide bonds. The summed E-state index contributed by atoms with van der Waals surface area (Å²) in [6, 6.07) is 9.68.